The summed E-state index contributed by atoms with van der Waals surface area (Å²) in [6, 6.07) is 9.33. The predicted octanol–water partition coefficient (Wildman–Crippen LogP) is 4.36. The van der Waals surface area contributed by atoms with E-state index >= 15 is 0 Å². The minimum atomic E-state index is -0.143. The SMILES string of the molecule is CCCNCc1ccc(-c2cc(C)ccc2F)s1. The van der Waals surface area contributed by atoms with Crippen molar-refractivity contribution in [2.45, 2.75) is 26.8 Å². The summed E-state index contributed by atoms with van der Waals surface area (Å²) < 4.78 is 13.8. The first-order valence-corrected chi connectivity index (χ1v) is 7.08. The lowest BCUT2D eigenvalue weighted by atomic mass is 10.1. The average molecular weight is 263 g/mol. The highest BCUT2D eigenvalue weighted by Crippen LogP contribution is 2.30. The normalized spacial score (nSPS) is 10.8. The van der Waals surface area contributed by atoms with Crippen molar-refractivity contribution in [2.75, 3.05) is 6.54 Å². The summed E-state index contributed by atoms with van der Waals surface area (Å²) in [6.45, 7) is 6.02. The molecule has 3 heteroatoms. The van der Waals surface area contributed by atoms with Gasteiger partial charge in [0.1, 0.15) is 5.82 Å². The van der Waals surface area contributed by atoms with Crippen molar-refractivity contribution in [1.82, 2.24) is 5.32 Å². The van der Waals surface area contributed by atoms with Crippen molar-refractivity contribution < 1.29 is 4.39 Å². The van der Waals surface area contributed by atoms with Crippen LogP contribution in [0.15, 0.2) is 30.3 Å². The topological polar surface area (TPSA) is 12.0 Å². The lowest BCUT2D eigenvalue weighted by Gasteiger charge is -2.02. The Labute approximate surface area is 112 Å². The molecule has 2 aromatic rings. The third-order valence-corrected chi connectivity index (χ3v) is 3.89. The van der Waals surface area contributed by atoms with Crippen LogP contribution in [0.4, 0.5) is 4.39 Å². The number of hydrogen-bond donors (Lipinski definition) is 1. The quantitative estimate of drug-likeness (QED) is 0.790. The van der Waals surface area contributed by atoms with E-state index < -0.39 is 0 Å². The minimum Gasteiger partial charge on any atom is -0.312 e. The summed E-state index contributed by atoms with van der Waals surface area (Å²) in [5.41, 5.74) is 1.80. The van der Waals surface area contributed by atoms with Crippen LogP contribution >= 0.6 is 11.3 Å². The van der Waals surface area contributed by atoms with Crippen LogP contribution in [0.3, 0.4) is 0 Å². The van der Waals surface area contributed by atoms with E-state index in [9.17, 15) is 4.39 Å². The van der Waals surface area contributed by atoms with Gasteiger partial charge in [0.15, 0.2) is 0 Å². The van der Waals surface area contributed by atoms with E-state index in [0.717, 1.165) is 30.0 Å². The number of aryl methyl sites for hydroxylation is 1. The molecule has 1 N–H and O–H groups in total. The first-order valence-electron chi connectivity index (χ1n) is 6.26. The van der Waals surface area contributed by atoms with Gasteiger partial charge in [-0.1, -0.05) is 18.6 Å². The molecular weight excluding hydrogens is 245 g/mol. The largest absolute Gasteiger partial charge is 0.312 e. The molecule has 0 spiro atoms. The van der Waals surface area contributed by atoms with Gasteiger partial charge in [0.05, 0.1) is 0 Å². The number of rotatable bonds is 5. The number of hydrogen-bond acceptors (Lipinski definition) is 2. The van der Waals surface area contributed by atoms with Gasteiger partial charge >= 0.3 is 0 Å². The molecule has 0 fully saturated rings. The molecule has 0 atom stereocenters. The third kappa shape index (κ3) is 3.18. The third-order valence-electron chi connectivity index (χ3n) is 2.77. The van der Waals surface area contributed by atoms with Crippen LogP contribution in [0.2, 0.25) is 0 Å². The van der Waals surface area contributed by atoms with E-state index in [0.29, 0.717) is 5.56 Å². The predicted molar refractivity (Wildman–Crippen MR) is 76.4 cm³/mol. The van der Waals surface area contributed by atoms with Crippen molar-refractivity contribution in [2.24, 2.45) is 0 Å². The Balaban J connectivity index is 2.16. The standard InChI is InChI=1S/C15H18FNS/c1-3-8-17-10-12-5-7-15(18-12)13-9-11(2)4-6-14(13)16/h4-7,9,17H,3,8,10H2,1-2H3. The van der Waals surface area contributed by atoms with Crippen molar-refractivity contribution in [3.05, 3.63) is 46.6 Å². The van der Waals surface area contributed by atoms with Gasteiger partial charge in [-0.25, -0.2) is 4.39 Å². The van der Waals surface area contributed by atoms with Crippen LogP contribution in [-0.2, 0) is 6.54 Å². The van der Waals surface area contributed by atoms with Crippen LogP contribution in [0.25, 0.3) is 10.4 Å². The van der Waals surface area contributed by atoms with Crippen molar-refractivity contribution in [1.29, 1.82) is 0 Å². The fourth-order valence-electron chi connectivity index (χ4n) is 1.83. The van der Waals surface area contributed by atoms with Gasteiger partial charge in [-0.15, -0.1) is 11.3 Å². The molecular formula is C15H18FNS. The fourth-order valence-corrected chi connectivity index (χ4v) is 2.83. The molecule has 0 saturated carbocycles. The monoisotopic (exact) mass is 263 g/mol. The van der Waals surface area contributed by atoms with Gasteiger partial charge in [0, 0.05) is 21.9 Å². The van der Waals surface area contributed by atoms with Crippen molar-refractivity contribution in [3.63, 3.8) is 0 Å². The van der Waals surface area contributed by atoms with Gasteiger partial charge in [0.2, 0.25) is 0 Å². The maximum absolute atomic E-state index is 13.8. The lowest BCUT2D eigenvalue weighted by Crippen LogP contribution is -2.12. The zero-order valence-electron chi connectivity index (χ0n) is 10.8. The van der Waals surface area contributed by atoms with Crippen molar-refractivity contribution >= 4 is 11.3 Å². The molecule has 1 aromatic heterocycles. The molecule has 1 heterocycles. The second kappa shape index (κ2) is 6.12. The summed E-state index contributed by atoms with van der Waals surface area (Å²) in [4.78, 5) is 2.25. The van der Waals surface area contributed by atoms with E-state index in [1.807, 2.05) is 19.1 Å². The molecule has 0 saturated heterocycles. The highest BCUT2D eigenvalue weighted by molar-refractivity contribution is 7.15. The zero-order chi connectivity index (χ0) is 13.0. The number of thiophene rings is 1. The van der Waals surface area contributed by atoms with E-state index in [1.54, 1.807) is 23.5 Å². The Morgan fingerprint density at radius 1 is 1.22 bits per heavy atom. The second-order valence-electron chi connectivity index (χ2n) is 4.43. The van der Waals surface area contributed by atoms with Gasteiger partial charge in [0.25, 0.3) is 0 Å². The minimum absolute atomic E-state index is 0.143. The maximum atomic E-state index is 13.8. The molecule has 0 aliphatic rings. The Kier molecular flexibility index (Phi) is 4.50. The molecule has 0 unspecified atom stereocenters. The zero-order valence-corrected chi connectivity index (χ0v) is 11.6. The molecule has 1 aromatic carbocycles. The fraction of sp³-hybridized carbons (Fsp3) is 0.333. The first-order chi connectivity index (χ1) is 8.70. The van der Waals surface area contributed by atoms with Crippen LogP contribution in [0, 0.1) is 12.7 Å². The van der Waals surface area contributed by atoms with Crippen molar-refractivity contribution in [3.8, 4) is 10.4 Å². The van der Waals surface area contributed by atoms with Crippen LogP contribution in [-0.4, -0.2) is 6.54 Å². The van der Waals surface area contributed by atoms with Gasteiger partial charge < -0.3 is 5.32 Å². The Bertz CT molecular complexity index is 519. The van der Waals surface area contributed by atoms with E-state index in [4.69, 9.17) is 0 Å². The van der Waals surface area contributed by atoms with E-state index in [2.05, 4.69) is 18.3 Å². The van der Waals surface area contributed by atoms with Gasteiger partial charge in [-0.3, -0.25) is 0 Å². The lowest BCUT2D eigenvalue weighted by molar-refractivity contribution is 0.631. The van der Waals surface area contributed by atoms with E-state index in [-0.39, 0.29) is 5.82 Å². The molecule has 0 radical (unpaired) electrons. The molecule has 0 aliphatic carbocycles. The smallest absolute Gasteiger partial charge is 0.131 e. The van der Waals surface area contributed by atoms with Gasteiger partial charge in [-0.05, 0) is 44.2 Å². The van der Waals surface area contributed by atoms with Gasteiger partial charge in [-0.2, -0.15) is 0 Å². The van der Waals surface area contributed by atoms with Crippen LogP contribution in [0.5, 0.6) is 0 Å². The molecule has 18 heavy (non-hydrogen) atoms. The molecule has 1 nitrogen and oxygen atoms in total. The van der Waals surface area contributed by atoms with E-state index in [1.165, 1.54) is 4.88 Å². The van der Waals surface area contributed by atoms with Crippen LogP contribution in [0.1, 0.15) is 23.8 Å². The summed E-state index contributed by atoms with van der Waals surface area (Å²) in [7, 11) is 0. The number of nitrogens with one attached hydrogen (secondary N) is 1. The summed E-state index contributed by atoms with van der Waals surface area (Å²) >= 11 is 1.66. The molecule has 2 rings (SSSR count). The maximum Gasteiger partial charge on any atom is 0.131 e. The number of halogens is 1. The molecule has 0 aliphatic heterocycles. The average Bonchev–Trinajstić information content (AvgIpc) is 2.81. The molecule has 0 bridgehead atoms. The Morgan fingerprint density at radius 2 is 2.06 bits per heavy atom. The summed E-state index contributed by atoms with van der Waals surface area (Å²) in [5, 5.41) is 3.36. The number of benzene rings is 1. The highest BCUT2D eigenvalue weighted by atomic mass is 32.1. The second-order valence-corrected chi connectivity index (χ2v) is 5.59. The molecule has 96 valence electrons. The Hall–Kier alpha value is -1.19. The summed E-state index contributed by atoms with van der Waals surface area (Å²) in [5.74, 6) is -0.143. The van der Waals surface area contributed by atoms with Crippen LogP contribution < -0.4 is 5.32 Å². The molecule has 0 amide bonds. The summed E-state index contributed by atoms with van der Waals surface area (Å²) in [6.07, 6.45) is 1.13. The Morgan fingerprint density at radius 3 is 2.83 bits per heavy atom. The highest BCUT2D eigenvalue weighted by Gasteiger charge is 2.08. The first kappa shape index (κ1) is 13.2.